The highest BCUT2D eigenvalue weighted by Crippen LogP contribution is 2.29. The van der Waals surface area contributed by atoms with Crippen molar-refractivity contribution in [3.05, 3.63) is 63.1 Å². The zero-order valence-corrected chi connectivity index (χ0v) is 15.8. The van der Waals surface area contributed by atoms with Gasteiger partial charge in [0.15, 0.2) is 0 Å². The van der Waals surface area contributed by atoms with Crippen LogP contribution in [0.3, 0.4) is 0 Å². The average molecular weight is 389 g/mol. The van der Waals surface area contributed by atoms with Gasteiger partial charge in [0.1, 0.15) is 5.75 Å². The van der Waals surface area contributed by atoms with Gasteiger partial charge in [-0.1, -0.05) is 26.0 Å². The van der Waals surface area contributed by atoms with E-state index in [1.807, 2.05) is 37.3 Å². The van der Waals surface area contributed by atoms with Crippen molar-refractivity contribution in [3.8, 4) is 5.75 Å². The molecule has 4 nitrogen and oxygen atoms in total. The van der Waals surface area contributed by atoms with Crippen LogP contribution < -0.4 is 10.2 Å². The second kappa shape index (κ2) is 8.11. The Morgan fingerprint density at radius 3 is 2.62 bits per heavy atom. The summed E-state index contributed by atoms with van der Waals surface area (Å²) in [5.74, 6) is 0.952. The summed E-state index contributed by atoms with van der Waals surface area (Å²) in [4.78, 5) is 12.1. The maximum atomic E-state index is 12.1. The van der Waals surface area contributed by atoms with Gasteiger partial charge in [0, 0.05) is 4.47 Å². The maximum absolute atomic E-state index is 12.1. The summed E-state index contributed by atoms with van der Waals surface area (Å²) >= 11 is 3.36. The average Bonchev–Trinajstić information content (AvgIpc) is 2.55. The molecule has 0 spiro atoms. The van der Waals surface area contributed by atoms with E-state index < -0.39 is 0 Å². The van der Waals surface area contributed by atoms with Crippen molar-refractivity contribution in [3.63, 3.8) is 0 Å². The molecule has 2 rings (SSSR count). The molecule has 0 heterocycles. The van der Waals surface area contributed by atoms with Crippen LogP contribution in [0.4, 0.5) is 0 Å². The molecule has 0 aliphatic carbocycles. The number of nitrogens with zero attached hydrogens (tertiary/aromatic N) is 1. The van der Waals surface area contributed by atoms with Gasteiger partial charge in [-0.25, -0.2) is 5.43 Å². The Kier molecular flexibility index (Phi) is 6.15. The monoisotopic (exact) mass is 388 g/mol. The second-order valence-electron chi connectivity index (χ2n) is 5.78. The molecule has 0 fully saturated rings. The number of ether oxygens (including phenoxy) is 1. The van der Waals surface area contributed by atoms with E-state index in [-0.39, 0.29) is 5.91 Å². The minimum atomic E-state index is -0.256. The standard InChI is InChI=1S/C19H21BrN2O2/c1-12(2)16-10-14(13(3)9-18(16)24-4)11-21-22-19(23)15-7-5-6-8-17(15)20/h5-12H,1-4H3,(H,22,23)/b21-11-. The van der Waals surface area contributed by atoms with Crippen LogP contribution in [0.5, 0.6) is 5.75 Å². The molecule has 126 valence electrons. The first kappa shape index (κ1) is 18.2. The first-order valence-corrected chi connectivity index (χ1v) is 8.49. The quantitative estimate of drug-likeness (QED) is 0.598. The number of halogens is 1. The number of carbonyl (C=O) groups excluding carboxylic acids is 1. The number of aryl methyl sites for hydroxylation is 1. The molecule has 2 aromatic rings. The molecule has 0 saturated heterocycles. The number of hydrogen-bond donors (Lipinski definition) is 1. The van der Waals surface area contributed by atoms with Gasteiger partial charge in [0.2, 0.25) is 0 Å². The van der Waals surface area contributed by atoms with Crippen LogP contribution in [-0.2, 0) is 0 Å². The van der Waals surface area contributed by atoms with Crippen LogP contribution in [-0.4, -0.2) is 19.2 Å². The summed E-state index contributed by atoms with van der Waals surface area (Å²) in [6, 6.07) is 11.3. The summed E-state index contributed by atoms with van der Waals surface area (Å²) in [5.41, 5.74) is 6.21. The van der Waals surface area contributed by atoms with Crippen LogP contribution >= 0.6 is 15.9 Å². The molecule has 0 atom stereocenters. The van der Waals surface area contributed by atoms with Crippen molar-refractivity contribution >= 4 is 28.1 Å². The van der Waals surface area contributed by atoms with Crippen molar-refractivity contribution in [2.45, 2.75) is 26.7 Å². The third-order valence-corrected chi connectivity index (χ3v) is 4.42. The Morgan fingerprint density at radius 1 is 1.29 bits per heavy atom. The fourth-order valence-corrected chi connectivity index (χ4v) is 2.81. The van der Waals surface area contributed by atoms with E-state index in [0.29, 0.717) is 11.5 Å². The summed E-state index contributed by atoms with van der Waals surface area (Å²) in [6.07, 6.45) is 1.66. The SMILES string of the molecule is COc1cc(C)c(/C=N\NC(=O)c2ccccc2Br)cc1C(C)C. The lowest BCUT2D eigenvalue weighted by molar-refractivity contribution is 0.0954. The topological polar surface area (TPSA) is 50.7 Å². The molecule has 5 heteroatoms. The van der Waals surface area contributed by atoms with E-state index in [2.05, 4.69) is 40.3 Å². The fourth-order valence-electron chi connectivity index (χ4n) is 2.35. The summed E-state index contributed by atoms with van der Waals surface area (Å²) in [6.45, 7) is 6.22. The number of hydrazone groups is 1. The predicted molar refractivity (Wildman–Crippen MR) is 101 cm³/mol. The van der Waals surface area contributed by atoms with E-state index >= 15 is 0 Å². The molecule has 0 bridgehead atoms. The Balaban J connectivity index is 2.19. The van der Waals surface area contributed by atoms with Gasteiger partial charge in [0.05, 0.1) is 18.9 Å². The molecule has 0 radical (unpaired) electrons. The maximum Gasteiger partial charge on any atom is 0.272 e. The summed E-state index contributed by atoms with van der Waals surface area (Å²) in [5, 5.41) is 4.09. The Labute approximate surface area is 151 Å². The van der Waals surface area contributed by atoms with E-state index in [1.165, 1.54) is 0 Å². The van der Waals surface area contributed by atoms with Gasteiger partial charge in [-0.3, -0.25) is 4.79 Å². The van der Waals surface area contributed by atoms with Crippen LogP contribution in [0, 0.1) is 6.92 Å². The Bertz CT molecular complexity index is 770. The highest BCUT2D eigenvalue weighted by Gasteiger charge is 2.11. The number of carbonyl (C=O) groups is 1. The highest BCUT2D eigenvalue weighted by atomic mass is 79.9. The number of amides is 1. The third kappa shape index (κ3) is 4.23. The molecule has 1 N–H and O–H groups in total. The van der Waals surface area contributed by atoms with Crippen LogP contribution in [0.1, 0.15) is 46.8 Å². The number of rotatable bonds is 5. The smallest absolute Gasteiger partial charge is 0.272 e. The molecule has 1 amide bonds. The largest absolute Gasteiger partial charge is 0.496 e. The minimum absolute atomic E-state index is 0.256. The molecular formula is C19H21BrN2O2. The van der Waals surface area contributed by atoms with Gasteiger partial charge < -0.3 is 4.74 Å². The van der Waals surface area contributed by atoms with Gasteiger partial charge in [-0.2, -0.15) is 5.10 Å². The van der Waals surface area contributed by atoms with Crippen molar-refractivity contribution in [1.82, 2.24) is 5.43 Å². The Morgan fingerprint density at radius 2 is 2.00 bits per heavy atom. The minimum Gasteiger partial charge on any atom is -0.496 e. The molecule has 0 unspecified atom stereocenters. The van der Waals surface area contributed by atoms with Crippen LogP contribution in [0.25, 0.3) is 0 Å². The lowest BCUT2D eigenvalue weighted by atomic mass is 9.97. The summed E-state index contributed by atoms with van der Waals surface area (Å²) < 4.78 is 6.17. The predicted octanol–water partition coefficient (Wildman–Crippen LogP) is 4.65. The number of benzene rings is 2. The van der Waals surface area contributed by atoms with Crippen LogP contribution in [0.2, 0.25) is 0 Å². The first-order valence-electron chi connectivity index (χ1n) is 7.70. The zero-order chi connectivity index (χ0) is 17.7. The molecule has 0 aliphatic heterocycles. The van der Waals surface area contributed by atoms with Gasteiger partial charge in [0.25, 0.3) is 5.91 Å². The molecule has 0 aromatic heterocycles. The van der Waals surface area contributed by atoms with E-state index in [0.717, 1.165) is 26.9 Å². The van der Waals surface area contributed by atoms with Crippen molar-refractivity contribution in [2.24, 2.45) is 5.10 Å². The number of methoxy groups -OCH3 is 1. The van der Waals surface area contributed by atoms with Gasteiger partial charge in [-0.15, -0.1) is 0 Å². The number of nitrogens with one attached hydrogen (secondary N) is 1. The molecule has 0 saturated carbocycles. The van der Waals surface area contributed by atoms with E-state index in [4.69, 9.17) is 4.74 Å². The van der Waals surface area contributed by atoms with Gasteiger partial charge in [-0.05, 0) is 69.7 Å². The Hall–Kier alpha value is -2.14. The van der Waals surface area contributed by atoms with Crippen molar-refractivity contribution < 1.29 is 9.53 Å². The van der Waals surface area contributed by atoms with Crippen LogP contribution in [0.15, 0.2) is 46.0 Å². The zero-order valence-electron chi connectivity index (χ0n) is 14.3. The molecule has 24 heavy (non-hydrogen) atoms. The van der Waals surface area contributed by atoms with Gasteiger partial charge >= 0.3 is 0 Å². The highest BCUT2D eigenvalue weighted by molar-refractivity contribution is 9.10. The second-order valence-corrected chi connectivity index (χ2v) is 6.64. The molecule has 2 aromatic carbocycles. The summed E-state index contributed by atoms with van der Waals surface area (Å²) in [7, 11) is 1.67. The first-order chi connectivity index (χ1) is 11.4. The third-order valence-electron chi connectivity index (χ3n) is 3.73. The molecule has 0 aliphatic rings. The number of hydrogen-bond acceptors (Lipinski definition) is 3. The lowest BCUT2D eigenvalue weighted by Crippen LogP contribution is -2.18. The lowest BCUT2D eigenvalue weighted by Gasteiger charge is -2.14. The van der Waals surface area contributed by atoms with Crippen molar-refractivity contribution in [2.75, 3.05) is 7.11 Å². The molecular weight excluding hydrogens is 368 g/mol. The van der Waals surface area contributed by atoms with E-state index in [9.17, 15) is 4.79 Å². The van der Waals surface area contributed by atoms with E-state index in [1.54, 1.807) is 19.4 Å². The normalized spacial score (nSPS) is 11.1. The fraction of sp³-hybridized carbons (Fsp3) is 0.263. The van der Waals surface area contributed by atoms with Crippen molar-refractivity contribution in [1.29, 1.82) is 0 Å².